The summed E-state index contributed by atoms with van der Waals surface area (Å²) < 4.78 is 47.7. The van der Waals surface area contributed by atoms with Crippen LogP contribution in [0.4, 0.5) is 8.78 Å². The van der Waals surface area contributed by atoms with Crippen molar-refractivity contribution in [1.82, 2.24) is 14.9 Å². The molecule has 0 unspecified atom stereocenters. The lowest BCUT2D eigenvalue weighted by Gasteiger charge is -2.03. The van der Waals surface area contributed by atoms with Gasteiger partial charge < -0.3 is 0 Å². The number of hydrogen-bond donors (Lipinski definition) is 1. The average Bonchev–Trinajstić information content (AvgIpc) is 2.16. The number of aromatic nitrogens is 2. The molecule has 0 aromatic carbocycles. The van der Waals surface area contributed by atoms with Gasteiger partial charge in [-0.05, 0) is 12.1 Å². The van der Waals surface area contributed by atoms with Crippen LogP contribution in [-0.2, 0) is 10.0 Å². The number of halogens is 3. The molecule has 1 rings (SSSR count). The zero-order valence-corrected chi connectivity index (χ0v) is 8.76. The molecule has 84 valence electrons. The number of nitrogens with zero attached hydrogens (tertiary/aromatic N) is 2. The molecule has 0 saturated carbocycles. The quantitative estimate of drug-likeness (QED) is 0.861. The number of nitrogens with one attached hydrogen (secondary N) is 1. The molecule has 0 fully saturated rings. The summed E-state index contributed by atoms with van der Waals surface area (Å²) in [6.45, 7) is -0.966. The fraction of sp³-hybridized carbons (Fsp3) is 0.333. The summed E-state index contributed by atoms with van der Waals surface area (Å²) in [5, 5.41) is 6.10. The van der Waals surface area contributed by atoms with Crippen molar-refractivity contribution >= 4 is 21.6 Å². The predicted octanol–water partition coefficient (Wildman–Crippen LogP) is 0.673. The minimum Gasteiger partial charge on any atom is -0.209 e. The molecule has 9 heteroatoms. The zero-order chi connectivity index (χ0) is 11.5. The molecule has 5 nitrogen and oxygen atoms in total. The summed E-state index contributed by atoms with van der Waals surface area (Å²) in [5.41, 5.74) is 0. The monoisotopic (exact) mass is 257 g/mol. The molecule has 15 heavy (non-hydrogen) atoms. The highest BCUT2D eigenvalue weighted by Crippen LogP contribution is 2.07. The summed E-state index contributed by atoms with van der Waals surface area (Å²) in [6.07, 6.45) is -2.76. The molecule has 0 aliphatic carbocycles. The van der Waals surface area contributed by atoms with Crippen molar-refractivity contribution in [3.8, 4) is 0 Å². The first-order chi connectivity index (χ1) is 6.92. The van der Waals surface area contributed by atoms with Gasteiger partial charge in [0.15, 0.2) is 10.2 Å². The molecule has 1 aromatic rings. The Morgan fingerprint density at radius 1 is 1.40 bits per heavy atom. The predicted molar refractivity (Wildman–Crippen MR) is 48.2 cm³/mol. The molecule has 0 bridgehead atoms. The third-order valence-electron chi connectivity index (χ3n) is 1.31. The number of sulfonamides is 1. The van der Waals surface area contributed by atoms with Crippen LogP contribution in [-0.4, -0.2) is 31.6 Å². The Morgan fingerprint density at radius 2 is 2.07 bits per heavy atom. The maximum absolute atomic E-state index is 11.8. The maximum atomic E-state index is 11.8. The Labute approximate surface area is 89.5 Å². The summed E-state index contributed by atoms with van der Waals surface area (Å²) in [6, 6.07) is 2.27. The van der Waals surface area contributed by atoms with Crippen LogP contribution in [0, 0.1) is 0 Å². The Balaban J connectivity index is 2.82. The first-order valence-corrected chi connectivity index (χ1v) is 5.55. The van der Waals surface area contributed by atoms with E-state index in [0.717, 1.165) is 6.07 Å². The second-order valence-corrected chi connectivity index (χ2v) is 4.54. The topological polar surface area (TPSA) is 72.0 Å². The van der Waals surface area contributed by atoms with Gasteiger partial charge in [-0.3, -0.25) is 0 Å². The molecule has 0 aliphatic rings. The Kier molecular flexibility index (Phi) is 3.89. The van der Waals surface area contributed by atoms with Crippen molar-refractivity contribution in [3.63, 3.8) is 0 Å². The molecule has 0 spiro atoms. The van der Waals surface area contributed by atoms with Gasteiger partial charge >= 0.3 is 0 Å². The van der Waals surface area contributed by atoms with Crippen LogP contribution < -0.4 is 4.72 Å². The number of rotatable bonds is 4. The van der Waals surface area contributed by atoms with Gasteiger partial charge in [-0.2, -0.15) is 0 Å². The van der Waals surface area contributed by atoms with E-state index >= 15 is 0 Å². The van der Waals surface area contributed by atoms with E-state index in [-0.39, 0.29) is 5.15 Å². The Hall–Kier alpha value is -0.860. The maximum Gasteiger partial charge on any atom is 0.260 e. The molecule has 0 atom stereocenters. The molecule has 1 N–H and O–H groups in total. The van der Waals surface area contributed by atoms with Crippen molar-refractivity contribution in [2.24, 2.45) is 0 Å². The lowest BCUT2D eigenvalue weighted by molar-refractivity contribution is 0.153. The van der Waals surface area contributed by atoms with Crippen molar-refractivity contribution in [2.45, 2.75) is 11.5 Å². The number of hydrogen-bond acceptors (Lipinski definition) is 4. The van der Waals surface area contributed by atoms with Crippen LogP contribution >= 0.6 is 11.6 Å². The van der Waals surface area contributed by atoms with Gasteiger partial charge in [0.2, 0.25) is 0 Å². The van der Waals surface area contributed by atoms with Crippen molar-refractivity contribution in [2.75, 3.05) is 6.54 Å². The first-order valence-electron chi connectivity index (χ1n) is 3.69. The summed E-state index contributed by atoms with van der Waals surface area (Å²) >= 11 is 5.38. The van der Waals surface area contributed by atoms with Gasteiger partial charge in [0.25, 0.3) is 16.4 Å². The van der Waals surface area contributed by atoms with Gasteiger partial charge in [0.05, 0.1) is 6.54 Å². The molecular weight excluding hydrogens is 252 g/mol. The van der Waals surface area contributed by atoms with Crippen LogP contribution in [0.25, 0.3) is 0 Å². The second-order valence-electron chi connectivity index (χ2n) is 2.44. The molecule has 1 aromatic heterocycles. The highest BCUT2D eigenvalue weighted by molar-refractivity contribution is 7.89. The molecule has 0 radical (unpaired) electrons. The Morgan fingerprint density at radius 3 is 2.53 bits per heavy atom. The largest absolute Gasteiger partial charge is 0.260 e. The van der Waals surface area contributed by atoms with E-state index < -0.39 is 28.0 Å². The van der Waals surface area contributed by atoms with Crippen LogP contribution in [0.1, 0.15) is 0 Å². The van der Waals surface area contributed by atoms with Crippen molar-refractivity contribution in [1.29, 1.82) is 0 Å². The van der Waals surface area contributed by atoms with Gasteiger partial charge in [-0.15, -0.1) is 10.2 Å². The van der Waals surface area contributed by atoms with Gasteiger partial charge in [-0.25, -0.2) is 21.9 Å². The van der Waals surface area contributed by atoms with Gasteiger partial charge in [0.1, 0.15) is 0 Å². The van der Waals surface area contributed by atoms with Crippen molar-refractivity contribution in [3.05, 3.63) is 17.3 Å². The second kappa shape index (κ2) is 4.77. The van der Waals surface area contributed by atoms with Crippen LogP contribution in [0.5, 0.6) is 0 Å². The standard InChI is InChI=1S/C6H6ClF2N3O2S/c7-4-1-2-6(12-11-4)15(13,14)10-3-5(8)9/h1-2,5,10H,3H2. The minimum absolute atomic E-state index is 0.0165. The van der Waals surface area contributed by atoms with E-state index in [1.807, 2.05) is 0 Å². The highest BCUT2D eigenvalue weighted by Gasteiger charge is 2.17. The summed E-state index contributed by atoms with van der Waals surface area (Å²) in [7, 11) is -4.03. The number of alkyl halides is 2. The molecule has 1 heterocycles. The van der Waals surface area contributed by atoms with Crippen LogP contribution in [0.15, 0.2) is 17.2 Å². The summed E-state index contributed by atoms with van der Waals surface area (Å²) in [5.74, 6) is 0. The average molecular weight is 258 g/mol. The third kappa shape index (κ3) is 3.65. The van der Waals surface area contributed by atoms with E-state index in [9.17, 15) is 17.2 Å². The Bertz CT molecular complexity index is 423. The SMILES string of the molecule is O=S(=O)(NCC(F)F)c1ccc(Cl)nn1. The molecule has 0 aliphatic heterocycles. The van der Waals surface area contributed by atoms with E-state index in [2.05, 4.69) is 10.2 Å². The smallest absolute Gasteiger partial charge is 0.209 e. The van der Waals surface area contributed by atoms with Gasteiger partial charge in [-0.1, -0.05) is 11.6 Å². The van der Waals surface area contributed by atoms with Gasteiger partial charge in [0, 0.05) is 0 Å². The fourth-order valence-electron chi connectivity index (χ4n) is 0.694. The van der Waals surface area contributed by atoms with E-state index in [0.29, 0.717) is 0 Å². The fourth-order valence-corrected chi connectivity index (χ4v) is 1.68. The van der Waals surface area contributed by atoms with E-state index in [4.69, 9.17) is 11.6 Å². The normalized spacial score (nSPS) is 12.0. The lowest BCUT2D eigenvalue weighted by atomic mass is 10.6. The molecule has 0 saturated heterocycles. The summed E-state index contributed by atoms with van der Waals surface area (Å²) in [4.78, 5) is 0. The van der Waals surface area contributed by atoms with Crippen LogP contribution in [0.2, 0.25) is 5.15 Å². The van der Waals surface area contributed by atoms with Crippen LogP contribution in [0.3, 0.4) is 0 Å². The van der Waals surface area contributed by atoms with E-state index in [1.165, 1.54) is 6.07 Å². The van der Waals surface area contributed by atoms with E-state index in [1.54, 1.807) is 4.72 Å². The lowest BCUT2D eigenvalue weighted by Crippen LogP contribution is -2.29. The molecular formula is C6H6ClF2N3O2S. The molecule has 0 amide bonds. The van der Waals surface area contributed by atoms with Crippen molar-refractivity contribution < 1.29 is 17.2 Å². The minimum atomic E-state index is -4.03. The first kappa shape index (κ1) is 12.2. The highest BCUT2D eigenvalue weighted by atomic mass is 35.5. The third-order valence-corrected chi connectivity index (χ3v) is 2.83. The zero-order valence-electron chi connectivity index (χ0n) is 7.19.